The highest BCUT2D eigenvalue weighted by Crippen LogP contribution is 2.26. The number of hydrogen-bond acceptors (Lipinski definition) is 2. The molecule has 0 saturated heterocycles. The fourth-order valence-corrected chi connectivity index (χ4v) is 2.84. The van der Waals surface area contributed by atoms with Gasteiger partial charge in [0, 0.05) is 29.3 Å². The van der Waals surface area contributed by atoms with Gasteiger partial charge in [0.2, 0.25) is 0 Å². The van der Waals surface area contributed by atoms with E-state index < -0.39 is 5.92 Å². The fraction of sp³-hybridized carbons (Fsp3) is 0.300. The Labute approximate surface area is 142 Å². The average molecular weight is 329 g/mol. The molecular weight excluding hydrogens is 308 g/mol. The molecule has 1 unspecified atom stereocenters. The monoisotopic (exact) mass is 328 g/mol. The molecule has 0 aliphatic rings. The van der Waals surface area contributed by atoms with Crippen LogP contribution in [0.1, 0.15) is 53.6 Å². The van der Waals surface area contributed by atoms with E-state index in [0.29, 0.717) is 17.0 Å². The van der Waals surface area contributed by atoms with E-state index in [0.717, 1.165) is 17.5 Å². The van der Waals surface area contributed by atoms with E-state index in [1.807, 2.05) is 50.2 Å². The van der Waals surface area contributed by atoms with E-state index in [9.17, 15) is 9.59 Å². The number of carbonyl (C=O) groups is 2. The molecule has 2 aromatic rings. The molecule has 2 aromatic carbocycles. The topological polar surface area (TPSA) is 34.1 Å². The number of benzene rings is 2. The van der Waals surface area contributed by atoms with Crippen LogP contribution in [0, 0.1) is 6.92 Å². The van der Waals surface area contributed by atoms with Crippen molar-refractivity contribution in [3.8, 4) is 0 Å². The molecule has 0 aromatic heterocycles. The molecule has 120 valence electrons. The highest BCUT2D eigenvalue weighted by atomic mass is 35.5. The lowest BCUT2D eigenvalue weighted by Crippen LogP contribution is -2.17. The van der Waals surface area contributed by atoms with Gasteiger partial charge in [-0.3, -0.25) is 9.59 Å². The standard InChI is InChI=1S/C20H21ClO2/c1-3-6-19(22)18(15-9-11-16(21)12-10-15)13-20(23)17-8-5-4-7-14(17)2/h4-5,7-12,18H,3,6,13H2,1-2H3. The van der Waals surface area contributed by atoms with Crippen LogP contribution in [-0.4, -0.2) is 11.6 Å². The Hall–Kier alpha value is -1.93. The van der Waals surface area contributed by atoms with Crippen LogP contribution in [0.5, 0.6) is 0 Å². The van der Waals surface area contributed by atoms with Gasteiger partial charge in [-0.05, 0) is 36.6 Å². The lowest BCUT2D eigenvalue weighted by Gasteiger charge is -2.16. The van der Waals surface area contributed by atoms with E-state index in [4.69, 9.17) is 11.6 Å². The predicted molar refractivity (Wildman–Crippen MR) is 94.2 cm³/mol. The Kier molecular flexibility index (Phi) is 6.12. The number of Topliss-reactive ketones (excluding diaryl/α,β-unsaturated/α-hetero) is 2. The summed E-state index contributed by atoms with van der Waals surface area (Å²) in [6.07, 6.45) is 1.46. The zero-order chi connectivity index (χ0) is 16.8. The Morgan fingerprint density at radius 1 is 1.04 bits per heavy atom. The van der Waals surface area contributed by atoms with Gasteiger partial charge in [0.05, 0.1) is 0 Å². The summed E-state index contributed by atoms with van der Waals surface area (Å²) in [5, 5.41) is 0.626. The SMILES string of the molecule is CCCC(=O)C(CC(=O)c1ccccc1C)c1ccc(Cl)cc1. The summed E-state index contributed by atoms with van der Waals surface area (Å²) in [5.41, 5.74) is 2.49. The van der Waals surface area contributed by atoms with Gasteiger partial charge in [0.1, 0.15) is 5.78 Å². The first-order valence-electron chi connectivity index (χ1n) is 7.90. The lowest BCUT2D eigenvalue weighted by molar-refractivity contribution is -0.120. The first-order chi connectivity index (χ1) is 11.0. The van der Waals surface area contributed by atoms with Gasteiger partial charge in [-0.2, -0.15) is 0 Å². The molecule has 0 radical (unpaired) electrons. The first kappa shape index (κ1) is 17.4. The summed E-state index contributed by atoms with van der Waals surface area (Å²) in [7, 11) is 0. The summed E-state index contributed by atoms with van der Waals surface area (Å²) >= 11 is 5.93. The molecule has 23 heavy (non-hydrogen) atoms. The molecule has 0 spiro atoms. The number of halogens is 1. The molecule has 0 aliphatic heterocycles. The van der Waals surface area contributed by atoms with Gasteiger partial charge in [0.15, 0.2) is 5.78 Å². The molecule has 0 aliphatic carbocycles. The maximum Gasteiger partial charge on any atom is 0.164 e. The summed E-state index contributed by atoms with van der Waals surface area (Å²) in [4.78, 5) is 25.1. The largest absolute Gasteiger partial charge is 0.299 e. The van der Waals surface area contributed by atoms with E-state index in [2.05, 4.69) is 0 Å². The molecule has 0 amide bonds. The molecule has 3 heteroatoms. The number of hydrogen-bond donors (Lipinski definition) is 0. The third-order valence-electron chi connectivity index (χ3n) is 3.99. The molecular formula is C20H21ClO2. The fourth-order valence-electron chi connectivity index (χ4n) is 2.71. The maximum absolute atomic E-state index is 12.6. The summed E-state index contributed by atoms with van der Waals surface area (Å²) in [6.45, 7) is 3.89. The third kappa shape index (κ3) is 4.52. The van der Waals surface area contributed by atoms with Crippen molar-refractivity contribution in [2.24, 2.45) is 0 Å². The Balaban J connectivity index is 2.27. The average Bonchev–Trinajstić information content (AvgIpc) is 2.54. The Morgan fingerprint density at radius 2 is 1.70 bits per heavy atom. The van der Waals surface area contributed by atoms with Gasteiger partial charge in [-0.1, -0.05) is 54.9 Å². The Morgan fingerprint density at radius 3 is 2.30 bits per heavy atom. The number of rotatable bonds is 7. The quantitative estimate of drug-likeness (QED) is 0.640. The van der Waals surface area contributed by atoms with E-state index in [1.54, 1.807) is 12.1 Å². The zero-order valence-corrected chi connectivity index (χ0v) is 14.3. The predicted octanol–water partition coefficient (Wildman–Crippen LogP) is 5.37. The third-order valence-corrected chi connectivity index (χ3v) is 4.24. The van der Waals surface area contributed by atoms with Crippen molar-refractivity contribution in [1.29, 1.82) is 0 Å². The van der Waals surface area contributed by atoms with Crippen molar-refractivity contribution < 1.29 is 9.59 Å². The van der Waals surface area contributed by atoms with Gasteiger partial charge in [-0.25, -0.2) is 0 Å². The van der Waals surface area contributed by atoms with Crippen LogP contribution in [0.15, 0.2) is 48.5 Å². The van der Waals surface area contributed by atoms with Crippen LogP contribution in [0.3, 0.4) is 0 Å². The summed E-state index contributed by atoms with van der Waals surface area (Å²) < 4.78 is 0. The number of aryl methyl sites for hydroxylation is 1. The van der Waals surface area contributed by atoms with Crippen molar-refractivity contribution in [2.75, 3.05) is 0 Å². The molecule has 0 saturated carbocycles. The highest BCUT2D eigenvalue weighted by Gasteiger charge is 2.24. The summed E-state index contributed by atoms with van der Waals surface area (Å²) in [6, 6.07) is 14.7. The second kappa shape index (κ2) is 8.07. The van der Waals surface area contributed by atoms with Crippen LogP contribution in [0.4, 0.5) is 0 Å². The Bertz CT molecular complexity index is 689. The van der Waals surface area contributed by atoms with Crippen molar-refractivity contribution in [3.05, 3.63) is 70.2 Å². The minimum absolute atomic E-state index is 0.00695. The molecule has 0 heterocycles. The van der Waals surface area contributed by atoms with E-state index in [-0.39, 0.29) is 18.0 Å². The number of carbonyl (C=O) groups excluding carboxylic acids is 2. The van der Waals surface area contributed by atoms with Crippen LogP contribution < -0.4 is 0 Å². The zero-order valence-electron chi connectivity index (χ0n) is 13.5. The molecule has 2 rings (SSSR count). The molecule has 0 bridgehead atoms. The van der Waals surface area contributed by atoms with Gasteiger partial charge in [-0.15, -0.1) is 0 Å². The van der Waals surface area contributed by atoms with E-state index in [1.165, 1.54) is 0 Å². The smallest absolute Gasteiger partial charge is 0.164 e. The van der Waals surface area contributed by atoms with Gasteiger partial charge in [0.25, 0.3) is 0 Å². The van der Waals surface area contributed by atoms with Crippen molar-refractivity contribution in [1.82, 2.24) is 0 Å². The molecule has 1 atom stereocenters. The first-order valence-corrected chi connectivity index (χ1v) is 8.27. The normalized spacial score (nSPS) is 12.0. The van der Waals surface area contributed by atoms with Crippen LogP contribution in [0.25, 0.3) is 0 Å². The lowest BCUT2D eigenvalue weighted by atomic mass is 9.86. The number of ketones is 2. The maximum atomic E-state index is 12.6. The second-order valence-electron chi connectivity index (χ2n) is 5.76. The van der Waals surface area contributed by atoms with Crippen molar-refractivity contribution >= 4 is 23.2 Å². The molecule has 0 N–H and O–H groups in total. The van der Waals surface area contributed by atoms with Crippen LogP contribution in [-0.2, 0) is 4.79 Å². The summed E-state index contributed by atoms with van der Waals surface area (Å²) in [5.74, 6) is -0.288. The highest BCUT2D eigenvalue weighted by molar-refractivity contribution is 6.30. The minimum Gasteiger partial charge on any atom is -0.299 e. The van der Waals surface area contributed by atoms with Crippen LogP contribution in [0.2, 0.25) is 5.02 Å². The van der Waals surface area contributed by atoms with Crippen LogP contribution >= 0.6 is 11.6 Å². The van der Waals surface area contributed by atoms with Crippen molar-refractivity contribution in [2.45, 2.75) is 39.0 Å². The minimum atomic E-state index is -0.403. The van der Waals surface area contributed by atoms with Gasteiger partial charge < -0.3 is 0 Å². The second-order valence-corrected chi connectivity index (χ2v) is 6.20. The molecule has 0 fully saturated rings. The molecule has 2 nitrogen and oxygen atoms in total. The van der Waals surface area contributed by atoms with Crippen molar-refractivity contribution in [3.63, 3.8) is 0 Å². The van der Waals surface area contributed by atoms with Gasteiger partial charge >= 0.3 is 0 Å². The van der Waals surface area contributed by atoms with E-state index >= 15 is 0 Å².